The molecule has 0 radical (unpaired) electrons. The average Bonchev–Trinajstić information content (AvgIpc) is 2.94. The Labute approximate surface area is 133 Å². The highest BCUT2D eigenvalue weighted by atomic mass is 79.9. The molecule has 1 aliphatic rings. The third-order valence-corrected chi connectivity index (χ3v) is 4.56. The van der Waals surface area contributed by atoms with Crippen LogP contribution < -0.4 is 0 Å². The molecule has 21 heavy (non-hydrogen) atoms. The smallest absolute Gasteiger partial charge is 0.308 e. The first kappa shape index (κ1) is 16.0. The quantitative estimate of drug-likeness (QED) is 0.885. The van der Waals surface area contributed by atoms with Crippen LogP contribution in [0.3, 0.4) is 0 Å². The molecular formula is C16H20BrNO3. The number of benzene rings is 1. The molecule has 5 heteroatoms. The maximum Gasteiger partial charge on any atom is 0.308 e. The highest BCUT2D eigenvalue weighted by Crippen LogP contribution is 2.23. The van der Waals surface area contributed by atoms with Crippen molar-refractivity contribution < 1.29 is 14.7 Å². The molecule has 1 aromatic rings. The van der Waals surface area contributed by atoms with Crippen LogP contribution in [0.5, 0.6) is 0 Å². The van der Waals surface area contributed by atoms with Crippen LogP contribution in [-0.4, -0.2) is 35.0 Å². The Bertz CT molecular complexity index is 532. The zero-order valence-electron chi connectivity index (χ0n) is 12.1. The summed E-state index contributed by atoms with van der Waals surface area (Å²) in [6, 6.07) is 7.97. The lowest BCUT2D eigenvalue weighted by Gasteiger charge is -2.22. The van der Waals surface area contributed by atoms with Gasteiger partial charge < -0.3 is 10.0 Å². The highest BCUT2D eigenvalue weighted by Gasteiger charge is 2.33. The van der Waals surface area contributed by atoms with E-state index in [-0.39, 0.29) is 11.8 Å². The van der Waals surface area contributed by atoms with E-state index in [1.165, 1.54) is 0 Å². The Hall–Kier alpha value is -1.36. The van der Waals surface area contributed by atoms with Gasteiger partial charge in [0.2, 0.25) is 5.91 Å². The van der Waals surface area contributed by atoms with Gasteiger partial charge in [0.15, 0.2) is 0 Å². The molecule has 1 fully saturated rings. The SMILES string of the molecule is CC[C@H](Cc1cccc(Br)c1)C(=O)N1CC[C@@H](C(=O)O)C1. The summed E-state index contributed by atoms with van der Waals surface area (Å²) < 4.78 is 1.01. The zero-order chi connectivity index (χ0) is 15.4. The molecule has 0 aromatic heterocycles. The van der Waals surface area contributed by atoms with Gasteiger partial charge in [0.1, 0.15) is 0 Å². The monoisotopic (exact) mass is 353 g/mol. The minimum absolute atomic E-state index is 0.0770. The molecule has 1 heterocycles. The normalized spacial score (nSPS) is 19.5. The molecule has 0 saturated carbocycles. The Morgan fingerprint density at radius 2 is 2.24 bits per heavy atom. The second-order valence-electron chi connectivity index (χ2n) is 5.55. The van der Waals surface area contributed by atoms with E-state index in [1.807, 2.05) is 31.2 Å². The molecule has 0 bridgehead atoms. The highest BCUT2D eigenvalue weighted by molar-refractivity contribution is 9.10. The van der Waals surface area contributed by atoms with E-state index in [9.17, 15) is 9.59 Å². The molecule has 0 aliphatic carbocycles. The van der Waals surface area contributed by atoms with Gasteiger partial charge in [-0.15, -0.1) is 0 Å². The first-order chi connectivity index (χ1) is 10.0. The molecule has 1 N–H and O–H groups in total. The number of rotatable bonds is 5. The number of likely N-dealkylation sites (tertiary alicyclic amines) is 1. The van der Waals surface area contributed by atoms with Gasteiger partial charge in [-0.1, -0.05) is 35.0 Å². The van der Waals surface area contributed by atoms with Gasteiger partial charge in [-0.05, 0) is 37.0 Å². The first-order valence-electron chi connectivity index (χ1n) is 7.27. The van der Waals surface area contributed by atoms with Gasteiger partial charge in [0, 0.05) is 23.5 Å². The number of carbonyl (C=O) groups excluding carboxylic acids is 1. The van der Waals surface area contributed by atoms with Gasteiger partial charge in [0.25, 0.3) is 0 Å². The third kappa shape index (κ3) is 4.06. The molecule has 1 saturated heterocycles. The number of amides is 1. The Kier molecular flexibility index (Phi) is 5.39. The summed E-state index contributed by atoms with van der Waals surface area (Å²) in [4.78, 5) is 25.3. The summed E-state index contributed by atoms with van der Waals surface area (Å²) in [7, 11) is 0. The standard InChI is InChI=1S/C16H20BrNO3/c1-2-12(8-11-4-3-5-14(17)9-11)15(19)18-7-6-13(10-18)16(20)21/h3-5,9,12-13H,2,6-8,10H2,1H3,(H,20,21)/t12-,13-/m1/s1. The molecule has 114 valence electrons. The first-order valence-corrected chi connectivity index (χ1v) is 8.06. The number of carboxylic acid groups (broad SMARTS) is 1. The molecule has 1 aliphatic heterocycles. The van der Waals surface area contributed by atoms with Crippen molar-refractivity contribution in [3.8, 4) is 0 Å². The number of halogens is 1. The van der Waals surface area contributed by atoms with E-state index in [2.05, 4.69) is 15.9 Å². The molecule has 1 aromatic carbocycles. The second kappa shape index (κ2) is 7.07. The summed E-state index contributed by atoms with van der Waals surface area (Å²) in [6.07, 6.45) is 2.02. The number of hydrogen-bond donors (Lipinski definition) is 1. The molecule has 0 unspecified atom stereocenters. The third-order valence-electron chi connectivity index (χ3n) is 4.06. The van der Waals surface area contributed by atoms with Gasteiger partial charge in [-0.2, -0.15) is 0 Å². The lowest BCUT2D eigenvalue weighted by Crippen LogP contribution is -2.35. The largest absolute Gasteiger partial charge is 0.481 e. The van der Waals surface area contributed by atoms with Gasteiger partial charge in [0.05, 0.1) is 5.92 Å². The van der Waals surface area contributed by atoms with Crippen LogP contribution in [0.15, 0.2) is 28.7 Å². The summed E-state index contributed by atoms with van der Waals surface area (Å²) in [5, 5.41) is 9.03. The maximum absolute atomic E-state index is 12.6. The van der Waals surface area contributed by atoms with Crippen LogP contribution in [0.4, 0.5) is 0 Å². The number of carboxylic acids is 1. The zero-order valence-corrected chi connectivity index (χ0v) is 13.7. The van der Waals surface area contributed by atoms with Crippen LogP contribution in [0.25, 0.3) is 0 Å². The van der Waals surface area contributed by atoms with E-state index in [1.54, 1.807) is 4.90 Å². The fourth-order valence-corrected chi connectivity index (χ4v) is 3.22. The van der Waals surface area contributed by atoms with Crippen molar-refractivity contribution in [3.63, 3.8) is 0 Å². The van der Waals surface area contributed by atoms with Gasteiger partial charge in [-0.25, -0.2) is 0 Å². The van der Waals surface area contributed by atoms with E-state index in [0.29, 0.717) is 25.9 Å². The topological polar surface area (TPSA) is 57.6 Å². The Balaban J connectivity index is 2.01. The van der Waals surface area contributed by atoms with Crippen LogP contribution in [0, 0.1) is 11.8 Å². The number of nitrogens with zero attached hydrogens (tertiary/aromatic N) is 1. The number of aliphatic carboxylic acids is 1. The Morgan fingerprint density at radius 1 is 1.48 bits per heavy atom. The molecule has 0 spiro atoms. The van der Waals surface area contributed by atoms with E-state index < -0.39 is 11.9 Å². The minimum atomic E-state index is -0.801. The number of hydrogen-bond acceptors (Lipinski definition) is 2. The average molecular weight is 354 g/mol. The summed E-state index contributed by atoms with van der Waals surface area (Å²) in [5.41, 5.74) is 1.12. The van der Waals surface area contributed by atoms with Crippen molar-refractivity contribution in [2.24, 2.45) is 11.8 Å². The summed E-state index contributed by atoms with van der Waals surface area (Å²) in [5.74, 6) is -1.20. The van der Waals surface area contributed by atoms with Crippen molar-refractivity contribution in [1.29, 1.82) is 0 Å². The van der Waals surface area contributed by atoms with Crippen LogP contribution >= 0.6 is 15.9 Å². The van der Waals surface area contributed by atoms with Crippen molar-refractivity contribution in [3.05, 3.63) is 34.3 Å². The van der Waals surface area contributed by atoms with Crippen molar-refractivity contribution in [2.45, 2.75) is 26.2 Å². The summed E-state index contributed by atoms with van der Waals surface area (Å²) >= 11 is 3.44. The van der Waals surface area contributed by atoms with E-state index in [0.717, 1.165) is 16.5 Å². The van der Waals surface area contributed by atoms with Gasteiger partial charge in [-0.3, -0.25) is 9.59 Å². The molecule has 4 nitrogen and oxygen atoms in total. The Morgan fingerprint density at radius 3 is 2.81 bits per heavy atom. The van der Waals surface area contributed by atoms with Crippen LogP contribution in [-0.2, 0) is 16.0 Å². The lowest BCUT2D eigenvalue weighted by molar-refractivity contribution is -0.141. The lowest BCUT2D eigenvalue weighted by atomic mass is 9.95. The van der Waals surface area contributed by atoms with Crippen molar-refractivity contribution in [1.82, 2.24) is 4.90 Å². The molecule has 2 rings (SSSR count). The van der Waals surface area contributed by atoms with Crippen molar-refractivity contribution >= 4 is 27.8 Å². The predicted octanol–water partition coefficient (Wildman–Crippen LogP) is 2.95. The van der Waals surface area contributed by atoms with E-state index >= 15 is 0 Å². The fraction of sp³-hybridized carbons (Fsp3) is 0.500. The van der Waals surface area contributed by atoms with Crippen LogP contribution in [0.2, 0.25) is 0 Å². The van der Waals surface area contributed by atoms with Crippen LogP contribution in [0.1, 0.15) is 25.3 Å². The minimum Gasteiger partial charge on any atom is -0.481 e. The predicted molar refractivity (Wildman–Crippen MR) is 83.9 cm³/mol. The van der Waals surface area contributed by atoms with E-state index in [4.69, 9.17) is 5.11 Å². The fourth-order valence-electron chi connectivity index (χ4n) is 2.77. The summed E-state index contributed by atoms with van der Waals surface area (Å²) in [6.45, 7) is 2.92. The molecular weight excluding hydrogens is 334 g/mol. The molecule has 2 atom stereocenters. The number of carbonyl (C=O) groups is 2. The molecule has 1 amide bonds. The second-order valence-corrected chi connectivity index (χ2v) is 6.46. The van der Waals surface area contributed by atoms with Crippen molar-refractivity contribution in [2.75, 3.05) is 13.1 Å². The maximum atomic E-state index is 12.6. The van der Waals surface area contributed by atoms with Gasteiger partial charge >= 0.3 is 5.97 Å².